The summed E-state index contributed by atoms with van der Waals surface area (Å²) in [6.07, 6.45) is 5.00. The molecule has 1 aliphatic heterocycles. The summed E-state index contributed by atoms with van der Waals surface area (Å²) in [4.78, 5) is 11.3. The second-order valence-electron chi connectivity index (χ2n) is 5.84. The zero-order valence-corrected chi connectivity index (χ0v) is 12.6. The van der Waals surface area contributed by atoms with Crippen molar-refractivity contribution in [3.05, 3.63) is 29.3 Å². The Kier molecular flexibility index (Phi) is 3.65. The first kappa shape index (κ1) is 14.4. The van der Waals surface area contributed by atoms with E-state index in [1.165, 1.54) is 10.4 Å². The molecule has 1 saturated heterocycles. The van der Waals surface area contributed by atoms with Crippen molar-refractivity contribution in [3.63, 3.8) is 0 Å². The monoisotopic (exact) mass is 309 g/mol. The molecule has 0 bridgehead atoms. The topological polar surface area (TPSA) is 74.7 Å². The third-order valence-corrected chi connectivity index (χ3v) is 6.27. The molecule has 0 spiro atoms. The van der Waals surface area contributed by atoms with Crippen molar-refractivity contribution in [3.8, 4) is 0 Å². The lowest BCUT2D eigenvalue weighted by Crippen LogP contribution is -2.25. The van der Waals surface area contributed by atoms with E-state index in [0.717, 1.165) is 31.2 Å². The van der Waals surface area contributed by atoms with Crippen molar-refractivity contribution in [1.82, 2.24) is 0 Å². The molecule has 0 radical (unpaired) electrons. The molecule has 5 nitrogen and oxygen atoms in total. The fourth-order valence-corrected chi connectivity index (χ4v) is 4.87. The average Bonchev–Trinajstić information content (AvgIpc) is 3.07. The highest BCUT2D eigenvalue weighted by Crippen LogP contribution is 2.37. The van der Waals surface area contributed by atoms with E-state index in [9.17, 15) is 18.3 Å². The lowest BCUT2D eigenvalue weighted by molar-refractivity contribution is 0.0696. The van der Waals surface area contributed by atoms with Crippen molar-refractivity contribution in [2.24, 2.45) is 0 Å². The molecule has 2 fully saturated rings. The van der Waals surface area contributed by atoms with Crippen LogP contribution < -0.4 is 4.31 Å². The summed E-state index contributed by atoms with van der Waals surface area (Å²) in [6.45, 7) is 0.440. The summed E-state index contributed by atoms with van der Waals surface area (Å²) in [5.74, 6) is -0.510. The summed E-state index contributed by atoms with van der Waals surface area (Å²) in [7, 11) is -3.28. The van der Waals surface area contributed by atoms with Crippen molar-refractivity contribution < 1.29 is 18.3 Å². The second kappa shape index (κ2) is 5.33. The summed E-state index contributed by atoms with van der Waals surface area (Å²) >= 11 is 0. The first-order valence-electron chi connectivity index (χ1n) is 7.36. The Morgan fingerprint density at radius 3 is 2.43 bits per heavy atom. The van der Waals surface area contributed by atoms with Gasteiger partial charge in [-0.15, -0.1) is 0 Å². The third kappa shape index (κ3) is 2.77. The summed E-state index contributed by atoms with van der Waals surface area (Å²) < 4.78 is 25.5. The number of benzene rings is 1. The van der Waals surface area contributed by atoms with Gasteiger partial charge in [0.25, 0.3) is 0 Å². The molecule has 0 unspecified atom stereocenters. The quantitative estimate of drug-likeness (QED) is 0.931. The molecule has 21 heavy (non-hydrogen) atoms. The maximum atomic E-state index is 12.1. The molecular weight excluding hydrogens is 290 g/mol. The van der Waals surface area contributed by atoms with Gasteiger partial charge in [-0.1, -0.05) is 12.8 Å². The molecule has 6 heteroatoms. The van der Waals surface area contributed by atoms with Crippen LogP contribution in [0.25, 0.3) is 0 Å². The van der Waals surface area contributed by atoms with Crippen molar-refractivity contribution in [2.45, 2.75) is 38.0 Å². The largest absolute Gasteiger partial charge is 0.478 e. The van der Waals surface area contributed by atoms with E-state index in [4.69, 9.17) is 0 Å². The fraction of sp³-hybridized carbons (Fsp3) is 0.533. The van der Waals surface area contributed by atoms with Crippen molar-refractivity contribution in [1.29, 1.82) is 0 Å². The number of rotatable bonds is 3. The molecule has 1 heterocycles. The Morgan fingerprint density at radius 2 is 1.86 bits per heavy atom. The minimum Gasteiger partial charge on any atom is -0.478 e. The Morgan fingerprint density at radius 1 is 1.14 bits per heavy atom. The van der Waals surface area contributed by atoms with Crippen LogP contribution in [0.1, 0.15) is 53.9 Å². The first-order chi connectivity index (χ1) is 9.97. The molecule has 3 rings (SSSR count). The Balaban J connectivity index is 2.05. The van der Waals surface area contributed by atoms with Crippen LogP contribution in [0.3, 0.4) is 0 Å². The molecule has 2 aliphatic rings. The van der Waals surface area contributed by atoms with Gasteiger partial charge in [0.05, 0.1) is 17.0 Å². The molecule has 114 valence electrons. The highest BCUT2D eigenvalue weighted by atomic mass is 32.2. The highest BCUT2D eigenvalue weighted by Gasteiger charge is 2.30. The number of anilines is 1. The second-order valence-corrected chi connectivity index (χ2v) is 7.85. The predicted octanol–water partition coefficient (Wildman–Crippen LogP) is 2.58. The number of carboxylic acid groups (broad SMARTS) is 1. The Labute approximate surface area is 124 Å². The van der Waals surface area contributed by atoms with Crippen LogP contribution in [0, 0.1) is 0 Å². The number of aromatic carboxylic acids is 1. The van der Waals surface area contributed by atoms with E-state index >= 15 is 0 Å². The van der Waals surface area contributed by atoms with Gasteiger partial charge in [-0.2, -0.15) is 0 Å². The van der Waals surface area contributed by atoms with Crippen LogP contribution >= 0.6 is 0 Å². The summed E-state index contributed by atoms with van der Waals surface area (Å²) in [6, 6.07) is 5.04. The minimum atomic E-state index is -3.28. The lowest BCUT2D eigenvalue weighted by Gasteiger charge is -2.20. The van der Waals surface area contributed by atoms with E-state index in [1.54, 1.807) is 6.07 Å². The van der Waals surface area contributed by atoms with Crippen LogP contribution in [0.15, 0.2) is 18.2 Å². The van der Waals surface area contributed by atoms with Gasteiger partial charge >= 0.3 is 5.97 Å². The smallest absolute Gasteiger partial charge is 0.335 e. The van der Waals surface area contributed by atoms with E-state index in [0.29, 0.717) is 24.6 Å². The predicted molar refractivity (Wildman–Crippen MR) is 80.4 cm³/mol. The van der Waals surface area contributed by atoms with E-state index < -0.39 is 16.0 Å². The normalized spacial score (nSPS) is 21.8. The minimum absolute atomic E-state index is 0.142. The summed E-state index contributed by atoms with van der Waals surface area (Å²) in [5, 5.41) is 9.28. The van der Waals surface area contributed by atoms with E-state index in [1.807, 2.05) is 6.07 Å². The van der Waals surface area contributed by atoms with Gasteiger partial charge < -0.3 is 5.11 Å². The Bertz CT molecular complexity index is 662. The number of hydrogen-bond donors (Lipinski definition) is 1. The highest BCUT2D eigenvalue weighted by molar-refractivity contribution is 7.93. The number of hydrogen-bond acceptors (Lipinski definition) is 3. The molecule has 0 aromatic heterocycles. The number of nitrogens with zero attached hydrogens (tertiary/aromatic N) is 1. The number of carboxylic acids is 1. The maximum absolute atomic E-state index is 12.1. The van der Waals surface area contributed by atoms with Gasteiger partial charge in [0.1, 0.15) is 0 Å². The van der Waals surface area contributed by atoms with Gasteiger partial charge in [0.2, 0.25) is 10.0 Å². The van der Waals surface area contributed by atoms with Crippen molar-refractivity contribution >= 4 is 21.7 Å². The molecule has 1 aromatic carbocycles. The zero-order chi connectivity index (χ0) is 15.0. The van der Waals surface area contributed by atoms with Gasteiger partial charge in [0, 0.05) is 6.54 Å². The van der Waals surface area contributed by atoms with E-state index in [-0.39, 0.29) is 11.3 Å². The molecule has 1 aliphatic carbocycles. The Hall–Kier alpha value is -1.56. The fourth-order valence-electron chi connectivity index (χ4n) is 3.33. The third-order valence-electron chi connectivity index (χ3n) is 4.40. The number of carbonyl (C=O) groups is 1. The molecule has 0 atom stereocenters. The zero-order valence-electron chi connectivity index (χ0n) is 11.8. The molecule has 1 aromatic rings. The van der Waals surface area contributed by atoms with Crippen LogP contribution in [-0.2, 0) is 10.0 Å². The molecular formula is C15H19NO4S. The van der Waals surface area contributed by atoms with Crippen molar-refractivity contribution in [2.75, 3.05) is 16.6 Å². The maximum Gasteiger partial charge on any atom is 0.335 e. The van der Waals surface area contributed by atoms with Crippen LogP contribution in [0.2, 0.25) is 0 Å². The lowest BCUT2D eigenvalue weighted by atomic mass is 9.95. The molecule has 1 N–H and O–H groups in total. The van der Waals surface area contributed by atoms with Gasteiger partial charge in [-0.3, -0.25) is 4.31 Å². The van der Waals surface area contributed by atoms with Crippen LogP contribution in [-0.4, -0.2) is 31.8 Å². The van der Waals surface area contributed by atoms with Gasteiger partial charge in [0.15, 0.2) is 0 Å². The average molecular weight is 309 g/mol. The van der Waals surface area contributed by atoms with Crippen LogP contribution in [0.4, 0.5) is 5.69 Å². The standard InChI is InChI=1S/C15H19NO4S/c17-15(18)13-8-12(11-4-1-2-5-11)9-14(10-13)16-6-3-7-21(16,19)20/h8-11H,1-7H2,(H,17,18). The SMILES string of the molecule is O=C(O)c1cc(C2CCCC2)cc(N2CCCS2(=O)=O)c1. The van der Waals surface area contributed by atoms with E-state index in [2.05, 4.69) is 0 Å². The van der Waals surface area contributed by atoms with Gasteiger partial charge in [-0.05, 0) is 48.9 Å². The summed E-state index contributed by atoms with van der Waals surface area (Å²) in [5.41, 5.74) is 1.65. The van der Waals surface area contributed by atoms with Crippen LogP contribution in [0.5, 0.6) is 0 Å². The molecule has 1 saturated carbocycles. The molecule has 0 amide bonds. The first-order valence-corrected chi connectivity index (χ1v) is 8.97. The van der Waals surface area contributed by atoms with Gasteiger partial charge in [-0.25, -0.2) is 13.2 Å². The number of sulfonamides is 1.